The van der Waals surface area contributed by atoms with Crippen LogP contribution < -0.4 is 5.73 Å². The fourth-order valence-corrected chi connectivity index (χ4v) is 2.99. The third-order valence-electron chi connectivity index (χ3n) is 4.35. The van der Waals surface area contributed by atoms with E-state index < -0.39 is 0 Å². The lowest BCUT2D eigenvalue weighted by Gasteiger charge is -2.35. The van der Waals surface area contributed by atoms with Crippen LogP contribution in [0.5, 0.6) is 0 Å². The predicted octanol–water partition coefficient (Wildman–Crippen LogP) is 2.45. The van der Waals surface area contributed by atoms with Crippen LogP contribution in [0.3, 0.4) is 0 Å². The molecule has 1 aromatic carbocycles. The largest absolute Gasteiger partial charge is 0.391 e. The normalized spacial score (nSPS) is 24.9. The molecular formula is C16H25FN2O. The summed E-state index contributed by atoms with van der Waals surface area (Å²) in [6.07, 6.45) is 4.88. The molecule has 3 nitrogen and oxygen atoms in total. The topological polar surface area (TPSA) is 49.5 Å². The number of rotatable bonds is 5. The summed E-state index contributed by atoms with van der Waals surface area (Å²) in [6, 6.07) is 6.56. The van der Waals surface area contributed by atoms with Crippen LogP contribution in [-0.2, 0) is 0 Å². The quantitative estimate of drug-likeness (QED) is 0.871. The molecule has 0 aromatic heterocycles. The summed E-state index contributed by atoms with van der Waals surface area (Å²) < 4.78 is 12.9. The summed E-state index contributed by atoms with van der Waals surface area (Å²) in [5.74, 6) is -0.233. The number of hydrogen-bond acceptors (Lipinski definition) is 3. The molecule has 0 amide bonds. The molecule has 0 heterocycles. The van der Waals surface area contributed by atoms with E-state index in [-0.39, 0.29) is 24.0 Å². The summed E-state index contributed by atoms with van der Waals surface area (Å²) >= 11 is 0. The highest BCUT2D eigenvalue weighted by atomic mass is 19.1. The third kappa shape index (κ3) is 4.01. The second-order valence-corrected chi connectivity index (χ2v) is 5.85. The van der Waals surface area contributed by atoms with Crippen LogP contribution >= 0.6 is 0 Å². The minimum atomic E-state index is -0.233. The van der Waals surface area contributed by atoms with Crippen LogP contribution in [0.4, 0.5) is 4.39 Å². The van der Waals surface area contributed by atoms with Crippen molar-refractivity contribution >= 4 is 0 Å². The highest BCUT2D eigenvalue weighted by Gasteiger charge is 2.26. The maximum absolute atomic E-state index is 12.9. The fraction of sp³-hybridized carbons (Fsp3) is 0.625. The van der Waals surface area contributed by atoms with Gasteiger partial charge in [-0.15, -0.1) is 0 Å². The monoisotopic (exact) mass is 280 g/mol. The molecule has 0 bridgehead atoms. The van der Waals surface area contributed by atoms with E-state index in [1.165, 1.54) is 18.6 Å². The first-order valence-electron chi connectivity index (χ1n) is 7.47. The molecule has 4 heteroatoms. The van der Waals surface area contributed by atoms with E-state index in [1.807, 2.05) is 0 Å². The zero-order chi connectivity index (χ0) is 14.5. The number of halogens is 1. The van der Waals surface area contributed by atoms with Crippen LogP contribution in [0.15, 0.2) is 24.3 Å². The summed E-state index contributed by atoms with van der Waals surface area (Å²) in [5.41, 5.74) is 7.11. The Morgan fingerprint density at radius 2 is 1.95 bits per heavy atom. The Labute approximate surface area is 120 Å². The van der Waals surface area contributed by atoms with Crippen LogP contribution in [0.2, 0.25) is 0 Å². The highest BCUT2D eigenvalue weighted by Crippen LogP contribution is 2.23. The Bertz CT molecular complexity index is 409. The van der Waals surface area contributed by atoms with Gasteiger partial charge in [0.05, 0.1) is 6.10 Å². The lowest BCUT2D eigenvalue weighted by molar-refractivity contribution is 0.0311. The van der Waals surface area contributed by atoms with E-state index in [4.69, 9.17) is 5.73 Å². The molecule has 3 N–H and O–H groups in total. The van der Waals surface area contributed by atoms with E-state index in [9.17, 15) is 9.50 Å². The second-order valence-electron chi connectivity index (χ2n) is 5.85. The zero-order valence-electron chi connectivity index (χ0n) is 12.1. The molecule has 1 saturated carbocycles. The summed E-state index contributed by atoms with van der Waals surface area (Å²) in [7, 11) is 2.05. The highest BCUT2D eigenvalue weighted by molar-refractivity contribution is 5.19. The molecule has 1 aliphatic carbocycles. The summed E-state index contributed by atoms with van der Waals surface area (Å²) in [5, 5.41) is 10.0. The van der Waals surface area contributed by atoms with Gasteiger partial charge in [0.1, 0.15) is 5.82 Å². The number of nitrogens with two attached hydrogens (primary N) is 1. The van der Waals surface area contributed by atoms with Crippen molar-refractivity contribution < 1.29 is 9.50 Å². The van der Waals surface area contributed by atoms with Gasteiger partial charge in [0.25, 0.3) is 0 Å². The molecule has 112 valence electrons. The second kappa shape index (κ2) is 7.16. The zero-order valence-corrected chi connectivity index (χ0v) is 12.1. The van der Waals surface area contributed by atoms with E-state index in [1.54, 1.807) is 12.1 Å². The van der Waals surface area contributed by atoms with Crippen molar-refractivity contribution in [1.29, 1.82) is 0 Å². The van der Waals surface area contributed by atoms with Gasteiger partial charge in [0, 0.05) is 18.6 Å². The molecule has 3 unspecified atom stereocenters. The molecule has 1 aromatic rings. The van der Waals surface area contributed by atoms with Gasteiger partial charge in [0.2, 0.25) is 0 Å². The average molecular weight is 280 g/mol. The molecule has 3 atom stereocenters. The Morgan fingerprint density at radius 3 is 2.60 bits per heavy atom. The van der Waals surface area contributed by atoms with E-state index in [2.05, 4.69) is 11.9 Å². The Hall–Kier alpha value is -0.970. The SMILES string of the molecule is CN(CCC(N)c1ccc(F)cc1)C1CCCCC1O. The number of aliphatic hydroxyl groups excluding tert-OH is 1. The smallest absolute Gasteiger partial charge is 0.123 e. The Morgan fingerprint density at radius 1 is 1.30 bits per heavy atom. The van der Waals surface area contributed by atoms with Gasteiger partial charge >= 0.3 is 0 Å². The van der Waals surface area contributed by atoms with Gasteiger partial charge in [-0.3, -0.25) is 0 Å². The Balaban J connectivity index is 1.83. The Kier molecular flexibility index (Phi) is 5.52. The molecule has 20 heavy (non-hydrogen) atoms. The van der Waals surface area contributed by atoms with Crippen molar-refractivity contribution in [3.8, 4) is 0 Å². The third-order valence-corrected chi connectivity index (χ3v) is 4.35. The number of aliphatic hydroxyl groups is 1. The van der Waals surface area contributed by atoms with Crippen molar-refractivity contribution in [3.05, 3.63) is 35.6 Å². The summed E-state index contributed by atoms with van der Waals surface area (Å²) in [4.78, 5) is 2.22. The predicted molar refractivity (Wildman–Crippen MR) is 78.8 cm³/mol. The molecule has 0 radical (unpaired) electrons. The summed E-state index contributed by atoms with van der Waals surface area (Å²) in [6.45, 7) is 0.847. The van der Waals surface area contributed by atoms with Crippen molar-refractivity contribution in [2.75, 3.05) is 13.6 Å². The molecule has 2 rings (SSSR count). The van der Waals surface area contributed by atoms with Gasteiger partial charge in [-0.05, 0) is 44.0 Å². The van der Waals surface area contributed by atoms with E-state index >= 15 is 0 Å². The fourth-order valence-electron chi connectivity index (χ4n) is 2.99. The van der Waals surface area contributed by atoms with Crippen molar-refractivity contribution in [2.24, 2.45) is 5.73 Å². The maximum Gasteiger partial charge on any atom is 0.123 e. The van der Waals surface area contributed by atoms with E-state index in [0.29, 0.717) is 0 Å². The van der Waals surface area contributed by atoms with Crippen molar-refractivity contribution in [2.45, 2.75) is 50.3 Å². The first-order chi connectivity index (χ1) is 9.58. The molecular weight excluding hydrogens is 255 g/mol. The number of nitrogens with zero attached hydrogens (tertiary/aromatic N) is 1. The van der Waals surface area contributed by atoms with Gasteiger partial charge < -0.3 is 15.7 Å². The van der Waals surface area contributed by atoms with Crippen molar-refractivity contribution in [3.63, 3.8) is 0 Å². The number of hydrogen-bond donors (Lipinski definition) is 2. The number of likely N-dealkylation sites (N-methyl/N-ethyl adjacent to an activating group) is 1. The lowest BCUT2D eigenvalue weighted by atomic mass is 9.91. The van der Waals surface area contributed by atoms with Crippen LogP contribution in [-0.4, -0.2) is 35.7 Å². The van der Waals surface area contributed by atoms with Gasteiger partial charge in [0.15, 0.2) is 0 Å². The average Bonchev–Trinajstić information content (AvgIpc) is 2.45. The van der Waals surface area contributed by atoms with Crippen LogP contribution in [0, 0.1) is 5.82 Å². The first-order valence-corrected chi connectivity index (χ1v) is 7.47. The molecule has 1 aliphatic rings. The molecule has 0 saturated heterocycles. The van der Waals surface area contributed by atoms with Gasteiger partial charge in [-0.2, -0.15) is 0 Å². The van der Waals surface area contributed by atoms with Crippen LogP contribution in [0.25, 0.3) is 0 Å². The van der Waals surface area contributed by atoms with Crippen molar-refractivity contribution in [1.82, 2.24) is 4.90 Å². The first kappa shape index (κ1) is 15.4. The lowest BCUT2D eigenvalue weighted by Crippen LogP contribution is -2.44. The number of benzene rings is 1. The molecule has 1 fully saturated rings. The van der Waals surface area contributed by atoms with Crippen LogP contribution in [0.1, 0.15) is 43.7 Å². The van der Waals surface area contributed by atoms with E-state index in [0.717, 1.165) is 37.8 Å². The standard InChI is InChI=1S/C16H25FN2O/c1-19(15-4-2-3-5-16(15)20)11-10-14(18)12-6-8-13(17)9-7-12/h6-9,14-16,20H,2-5,10-11,18H2,1H3. The van der Waals surface area contributed by atoms with Gasteiger partial charge in [-0.25, -0.2) is 4.39 Å². The maximum atomic E-state index is 12.9. The molecule has 0 spiro atoms. The minimum absolute atomic E-state index is 0.0845. The minimum Gasteiger partial charge on any atom is -0.391 e. The molecule has 0 aliphatic heterocycles. The van der Waals surface area contributed by atoms with Gasteiger partial charge in [-0.1, -0.05) is 25.0 Å².